The number of nitrogens with one attached hydrogen (secondary N) is 1. The van der Waals surface area contributed by atoms with Crippen LogP contribution < -0.4 is 5.32 Å². The van der Waals surface area contributed by atoms with Crippen LogP contribution in [0, 0.1) is 19.8 Å². The molecule has 3 atom stereocenters. The molecule has 1 aromatic rings. The van der Waals surface area contributed by atoms with Gasteiger partial charge in [0.15, 0.2) is 0 Å². The van der Waals surface area contributed by atoms with E-state index in [2.05, 4.69) is 31.2 Å². The first-order chi connectivity index (χ1) is 8.49. The lowest BCUT2D eigenvalue weighted by Crippen LogP contribution is -2.25. The van der Waals surface area contributed by atoms with Crippen molar-refractivity contribution in [1.29, 1.82) is 0 Å². The molecule has 1 saturated carbocycles. The average Bonchev–Trinajstić information content (AvgIpc) is 2.82. The molecule has 1 aliphatic carbocycles. The van der Waals surface area contributed by atoms with Gasteiger partial charge in [-0.15, -0.1) is 0 Å². The van der Waals surface area contributed by atoms with Crippen LogP contribution in [-0.2, 0) is 7.05 Å². The number of aliphatic hydroxyl groups is 1. The molecular formula is C14H25N3O. The van der Waals surface area contributed by atoms with E-state index in [1.807, 2.05) is 11.7 Å². The molecule has 18 heavy (non-hydrogen) atoms. The Morgan fingerprint density at radius 3 is 2.67 bits per heavy atom. The molecule has 1 aliphatic rings. The number of aliphatic hydroxyl groups excluding tert-OH is 1. The highest BCUT2D eigenvalue weighted by atomic mass is 16.3. The van der Waals surface area contributed by atoms with E-state index in [0.717, 1.165) is 31.5 Å². The summed E-state index contributed by atoms with van der Waals surface area (Å²) in [5, 5.41) is 17.6. The van der Waals surface area contributed by atoms with Gasteiger partial charge in [-0.1, -0.05) is 0 Å². The van der Waals surface area contributed by atoms with Crippen molar-refractivity contribution in [1.82, 2.24) is 15.1 Å². The summed E-state index contributed by atoms with van der Waals surface area (Å²) in [5.74, 6) is 0.625. The maximum absolute atomic E-state index is 9.53. The molecule has 0 aliphatic heterocycles. The Bertz CT molecular complexity index is 413. The highest BCUT2D eigenvalue weighted by Crippen LogP contribution is 2.26. The van der Waals surface area contributed by atoms with Crippen molar-refractivity contribution in [2.45, 2.75) is 52.2 Å². The average molecular weight is 251 g/mol. The van der Waals surface area contributed by atoms with Crippen LogP contribution in [0.4, 0.5) is 0 Å². The maximum atomic E-state index is 9.53. The highest BCUT2D eigenvalue weighted by molar-refractivity contribution is 5.27. The molecule has 3 unspecified atom stereocenters. The molecule has 0 aromatic carbocycles. The maximum Gasteiger partial charge on any atom is 0.0644 e. The van der Waals surface area contributed by atoms with Crippen LogP contribution in [0.5, 0.6) is 0 Å². The van der Waals surface area contributed by atoms with Gasteiger partial charge in [0.25, 0.3) is 0 Å². The Hall–Kier alpha value is -0.870. The van der Waals surface area contributed by atoms with Crippen LogP contribution in [0.1, 0.15) is 49.2 Å². The van der Waals surface area contributed by atoms with E-state index >= 15 is 0 Å². The minimum absolute atomic E-state index is 0.0750. The van der Waals surface area contributed by atoms with Crippen LogP contribution in [0.25, 0.3) is 0 Å². The van der Waals surface area contributed by atoms with Gasteiger partial charge < -0.3 is 10.4 Å². The van der Waals surface area contributed by atoms with Crippen molar-refractivity contribution in [2.24, 2.45) is 13.0 Å². The van der Waals surface area contributed by atoms with Crippen molar-refractivity contribution in [2.75, 3.05) is 6.54 Å². The summed E-state index contributed by atoms with van der Waals surface area (Å²) < 4.78 is 1.95. The van der Waals surface area contributed by atoms with Crippen molar-refractivity contribution < 1.29 is 5.11 Å². The molecule has 4 heteroatoms. The topological polar surface area (TPSA) is 50.1 Å². The molecule has 2 N–H and O–H groups in total. The van der Waals surface area contributed by atoms with E-state index < -0.39 is 0 Å². The van der Waals surface area contributed by atoms with Crippen LogP contribution in [0.2, 0.25) is 0 Å². The molecule has 0 saturated heterocycles. The number of aromatic nitrogens is 2. The molecule has 1 heterocycles. The van der Waals surface area contributed by atoms with E-state index in [1.54, 1.807) is 0 Å². The van der Waals surface area contributed by atoms with E-state index in [0.29, 0.717) is 12.0 Å². The Labute approximate surface area is 109 Å². The molecule has 0 radical (unpaired) electrons. The first-order valence-corrected chi connectivity index (χ1v) is 6.90. The van der Waals surface area contributed by atoms with E-state index in [-0.39, 0.29) is 6.10 Å². The predicted octanol–water partition coefficient (Wildman–Crippen LogP) is 1.85. The van der Waals surface area contributed by atoms with Gasteiger partial charge in [-0.25, -0.2) is 0 Å². The lowest BCUT2D eigenvalue weighted by Gasteiger charge is -2.18. The zero-order valence-electron chi connectivity index (χ0n) is 11.9. The van der Waals surface area contributed by atoms with Crippen LogP contribution >= 0.6 is 0 Å². The zero-order chi connectivity index (χ0) is 13.3. The fourth-order valence-electron chi connectivity index (χ4n) is 3.10. The molecule has 1 aromatic heterocycles. The molecular weight excluding hydrogens is 226 g/mol. The smallest absolute Gasteiger partial charge is 0.0644 e. The third kappa shape index (κ3) is 2.75. The fraction of sp³-hybridized carbons (Fsp3) is 0.786. The molecule has 0 amide bonds. The first-order valence-electron chi connectivity index (χ1n) is 6.90. The second-order valence-electron chi connectivity index (χ2n) is 5.67. The second-order valence-corrected chi connectivity index (χ2v) is 5.67. The van der Waals surface area contributed by atoms with E-state index in [1.165, 1.54) is 11.3 Å². The molecule has 1 fully saturated rings. The predicted molar refractivity (Wildman–Crippen MR) is 72.4 cm³/mol. The normalized spacial score (nSPS) is 25.6. The number of nitrogens with zero attached hydrogens (tertiary/aromatic N) is 2. The summed E-state index contributed by atoms with van der Waals surface area (Å²) in [6.07, 6.45) is 2.98. The SMILES string of the molecule is Cc1nn(C)c(C)c1C(C)NCC1CCC(O)C1. The molecule has 2 rings (SSSR count). The van der Waals surface area contributed by atoms with Crippen LogP contribution in [-0.4, -0.2) is 27.5 Å². The van der Waals surface area contributed by atoms with E-state index in [9.17, 15) is 5.11 Å². The van der Waals surface area contributed by atoms with Gasteiger partial charge in [0.2, 0.25) is 0 Å². The standard InChI is InChI=1S/C14H25N3O/c1-9(14-10(2)16-17(4)11(14)3)15-8-12-5-6-13(18)7-12/h9,12-13,15,18H,5-8H2,1-4H3. The van der Waals surface area contributed by atoms with Gasteiger partial charge >= 0.3 is 0 Å². The van der Waals surface area contributed by atoms with Gasteiger partial charge in [-0.2, -0.15) is 5.10 Å². The quantitative estimate of drug-likeness (QED) is 0.858. The van der Waals surface area contributed by atoms with Crippen LogP contribution in [0.15, 0.2) is 0 Å². The van der Waals surface area contributed by atoms with Crippen LogP contribution in [0.3, 0.4) is 0 Å². The molecule has 4 nitrogen and oxygen atoms in total. The largest absolute Gasteiger partial charge is 0.393 e. The summed E-state index contributed by atoms with van der Waals surface area (Å²) in [5.41, 5.74) is 3.66. The molecule has 0 bridgehead atoms. The Balaban J connectivity index is 1.93. The summed E-state index contributed by atoms with van der Waals surface area (Å²) in [6.45, 7) is 7.38. The summed E-state index contributed by atoms with van der Waals surface area (Å²) in [4.78, 5) is 0. The zero-order valence-corrected chi connectivity index (χ0v) is 11.9. The first kappa shape index (κ1) is 13.6. The molecule has 102 valence electrons. The Morgan fingerprint density at radius 2 is 2.17 bits per heavy atom. The van der Waals surface area contributed by atoms with Gasteiger partial charge in [0, 0.05) is 24.3 Å². The monoisotopic (exact) mass is 251 g/mol. The number of hydrogen-bond donors (Lipinski definition) is 2. The van der Waals surface area contributed by atoms with Crippen molar-refractivity contribution in [3.8, 4) is 0 Å². The third-order valence-electron chi connectivity index (χ3n) is 4.22. The Kier molecular flexibility index (Phi) is 4.07. The minimum atomic E-state index is -0.0750. The fourth-order valence-corrected chi connectivity index (χ4v) is 3.10. The van der Waals surface area contributed by atoms with Crippen molar-refractivity contribution in [3.05, 3.63) is 17.0 Å². The molecule has 0 spiro atoms. The second kappa shape index (κ2) is 5.41. The third-order valence-corrected chi connectivity index (χ3v) is 4.22. The van der Waals surface area contributed by atoms with Gasteiger partial charge in [0.1, 0.15) is 0 Å². The number of aryl methyl sites for hydroxylation is 2. The van der Waals surface area contributed by atoms with Gasteiger partial charge in [-0.3, -0.25) is 4.68 Å². The summed E-state index contributed by atoms with van der Waals surface area (Å²) in [7, 11) is 1.99. The van der Waals surface area contributed by atoms with E-state index in [4.69, 9.17) is 0 Å². The van der Waals surface area contributed by atoms with Crippen molar-refractivity contribution >= 4 is 0 Å². The Morgan fingerprint density at radius 1 is 1.44 bits per heavy atom. The summed E-state index contributed by atoms with van der Waals surface area (Å²) >= 11 is 0. The summed E-state index contributed by atoms with van der Waals surface area (Å²) in [6, 6.07) is 0.330. The van der Waals surface area contributed by atoms with Gasteiger partial charge in [-0.05, 0) is 52.5 Å². The number of hydrogen-bond acceptors (Lipinski definition) is 3. The minimum Gasteiger partial charge on any atom is -0.393 e. The van der Waals surface area contributed by atoms with Gasteiger partial charge in [0.05, 0.1) is 11.8 Å². The number of rotatable bonds is 4. The lowest BCUT2D eigenvalue weighted by atomic mass is 10.0. The lowest BCUT2D eigenvalue weighted by molar-refractivity contribution is 0.177. The highest BCUT2D eigenvalue weighted by Gasteiger charge is 2.24. The van der Waals surface area contributed by atoms with Crippen molar-refractivity contribution in [3.63, 3.8) is 0 Å².